The van der Waals surface area contributed by atoms with Crippen molar-refractivity contribution in [2.75, 3.05) is 14.2 Å². The van der Waals surface area contributed by atoms with Crippen LogP contribution in [0.2, 0.25) is 0 Å². The van der Waals surface area contributed by atoms with E-state index in [-0.39, 0.29) is 24.2 Å². The number of hydrogen-bond donors (Lipinski definition) is 1. The smallest absolute Gasteiger partial charge is 0.337 e. The number of ether oxygens (including phenoxy) is 3. The number of dihydropyridines is 1. The standard InChI is InChI=1S/C29H32FNO5/c1-6-16(2)36-29(33)26-17(3)31-22-13-20(18-10-11-24(34-4)25(15-18)35-5)14-23(32)28(22)27(26)19-8-7-9-21(30)12-19/h7-12,15-16,20,27,31H,6,13-14H2,1-5H3/t16-,20+,27-/m0/s1. The highest BCUT2D eigenvalue weighted by molar-refractivity contribution is 6.04. The Bertz CT molecular complexity index is 1250. The molecule has 6 nitrogen and oxygen atoms in total. The number of ketones is 1. The van der Waals surface area contributed by atoms with Crippen LogP contribution >= 0.6 is 0 Å². The Balaban J connectivity index is 1.76. The summed E-state index contributed by atoms with van der Waals surface area (Å²) in [5.74, 6) is -0.572. The van der Waals surface area contributed by atoms with Gasteiger partial charge in [-0.25, -0.2) is 9.18 Å². The summed E-state index contributed by atoms with van der Waals surface area (Å²) in [5, 5.41) is 3.32. The molecule has 0 aromatic heterocycles. The zero-order valence-electron chi connectivity index (χ0n) is 21.3. The summed E-state index contributed by atoms with van der Waals surface area (Å²) in [5.41, 5.74) is 3.71. The Kier molecular flexibility index (Phi) is 7.48. The van der Waals surface area contributed by atoms with Gasteiger partial charge in [-0.1, -0.05) is 25.1 Å². The maximum atomic E-state index is 14.3. The third-order valence-corrected chi connectivity index (χ3v) is 6.99. The minimum Gasteiger partial charge on any atom is -0.493 e. The van der Waals surface area contributed by atoms with E-state index < -0.39 is 17.7 Å². The summed E-state index contributed by atoms with van der Waals surface area (Å²) in [7, 11) is 3.16. The van der Waals surface area contributed by atoms with E-state index in [1.807, 2.05) is 32.0 Å². The molecule has 0 fully saturated rings. The van der Waals surface area contributed by atoms with Crippen molar-refractivity contribution in [1.29, 1.82) is 0 Å². The molecule has 1 aliphatic heterocycles. The number of methoxy groups -OCH3 is 2. The number of carbonyl (C=O) groups excluding carboxylic acids is 2. The van der Waals surface area contributed by atoms with Gasteiger partial charge in [-0.2, -0.15) is 0 Å². The molecule has 0 spiro atoms. The lowest BCUT2D eigenvalue weighted by atomic mass is 9.71. The number of rotatable bonds is 7. The van der Waals surface area contributed by atoms with Crippen LogP contribution in [0.25, 0.3) is 0 Å². The van der Waals surface area contributed by atoms with Crippen molar-refractivity contribution in [2.24, 2.45) is 0 Å². The van der Waals surface area contributed by atoms with Crippen molar-refractivity contribution >= 4 is 11.8 Å². The molecule has 2 aliphatic rings. The predicted octanol–water partition coefficient (Wildman–Crippen LogP) is 5.55. The highest BCUT2D eigenvalue weighted by Crippen LogP contribution is 2.46. The van der Waals surface area contributed by atoms with Crippen LogP contribution in [0.5, 0.6) is 11.5 Å². The van der Waals surface area contributed by atoms with E-state index in [2.05, 4.69) is 5.32 Å². The average Bonchev–Trinajstić information content (AvgIpc) is 2.86. The van der Waals surface area contributed by atoms with Crippen LogP contribution in [0, 0.1) is 5.82 Å². The molecule has 1 N–H and O–H groups in total. The van der Waals surface area contributed by atoms with Crippen molar-refractivity contribution in [3.8, 4) is 11.5 Å². The lowest BCUT2D eigenvalue weighted by molar-refractivity contribution is -0.144. The normalized spacial score (nSPS) is 20.4. The Morgan fingerprint density at radius 1 is 1.08 bits per heavy atom. The molecule has 0 radical (unpaired) electrons. The summed E-state index contributed by atoms with van der Waals surface area (Å²) >= 11 is 0. The van der Waals surface area contributed by atoms with E-state index in [4.69, 9.17) is 14.2 Å². The van der Waals surface area contributed by atoms with E-state index in [9.17, 15) is 14.0 Å². The van der Waals surface area contributed by atoms with Crippen molar-refractivity contribution in [1.82, 2.24) is 5.32 Å². The highest BCUT2D eigenvalue weighted by atomic mass is 19.1. The second-order valence-electron chi connectivity index (χ2n) is 9.31. The average molecular weight is 494 g/mol. The minimum absolute atomic E-state index is 0.0841. The third-order valence-electron chi connectivity index (χ3n) is 6.99. The van der Waals surface area contributed by atoms with Crippen LogP contribution in [0.3, 0.4) is 0 Å². The molecule has 0 saturated heterocycles. The van der Waals surface area contributed by atoms with E-state index in [1.54, 1.807) is 33.3 Å². The first-order valence-corrected chi connectivity index (χ1v) is 12.2. The minimum atomic E-state index is -0.702. The molecule has 3 atom stereocenters. The number of halogens is 1. The third kappa shape index (κ3) is 4.87. The molecule has 0 amide bonds. The maximum absolute atomic E-state index is 14.3. The number of hydrogen-bond acceptors (Lipinski definition) is 6. The molecule has 2 aromatic carbocycles. The largest absolute Gasteiger partial charge is 0.493 e. The zero-order valence-corrected chi connectivity index (χ0v) is 21.3. The summed E-state index contributed by atoms with van der Waals surface area (Å²) < 4.78 is 30.7. The second kappa shape index (κ2) is 10.6. The summed E-state index contributed by atoms with van der Waals surface area (Å²) in [6, 6.07) is 11.8. The SMILES string of the molecule is CC[C@H](C)OC(=O)C1=C(C)NC2=C(C(=O)C[C@H](c3ccc(OC)c(OC)c3)C2)[C@H]1c1cccc(F)c1. The highest BCUT2D eigenvalue weighted by Gasteiger charge is 2.41. The lowest BCUT2D eigenvalue weighted by Gasteiger charge is -2.37. The van der Waals surface area contributed by atoms with Gasteiger partial charge < -0.3 is 19.5 Å². The number of carbonyl (C=O) groups is 2. The fraction of sp³-hybridized carbons (Fsp3) is 0.379. The number of benzene rings is 2. The first kappa shape index (κ1) is 25.5. The Labute approximate surface area is 211 Å². The van der Waals surface area contributed by atoms with Crippen LogP contribution in [-0.2, 0) is 14.3 Å². The quantitative estimate of drug-likeness (QED) is 0.510. The maximum Gasteiger partial charge on any atom is 0.337 e. The van der Waals surface area contributed by atoms with Gasteiger partial charge in [0.2, 0.25) is 0 Å². The molecule has 1 aliphatic carbocycles. The molecule has 7 heteroatoms. The van der Waals surface area contributed by atoms with Crippen LogP contribution in [-0.4, -0.2) is 32.1 Å². The molecule has 0 bridgehead atoms. The van der Waals surface area contributed by atoms with Gasteiger partial charge in [0.25, 0.3) is 0 Å². The number of esters is 1. The van der Waals surface area contributed by atoms with Crippen LogP contribution in [0.15, 0.2) is 65.0 Å². The fourth-order valence-corrected chi connectivity index (χ4v) is 5.00. The summed E-state index contributed by atoms with van der Waals surface area (Å²) in [6.07, 6.45) is 1.20. The van der Waals surface area contributed by atoms with Gasteiger partial charge in [-0.3, -0.25) is 4.79 Å². The van der Waals surface area contributed by atoms with Gasteiger partial charge in [0.05, 0.1) is 25.9 Å². The molecule has 0 unspecified atom stereocenters. The molecule has 36 heavy (non-hydrogen) atoms. The van der Waals surface area contributed by atoms with Gasteiger partial charge in [-0.15, -0.1) is 0 Å². The first-order valence-electron chi connectivity index (χ1n) is 12.2. The number of allylic oxidation sites excluding steroid dienone is 3. The molecule has 4 rings (SSSR count). The van der Waals surface area contributed by atoms with Crippen LogP contribution in [0.1, 0.15) is 63.0 Å². The monoisotopic (exact) mass is 493 g/mol. The van der Waals surface area contributed by atoms with Gasteiger partial charge in [0, 0.05) is 29.3 Å². The van der Waals surface area contributed by atoms with Gasteiger partial charge in [0.1, 0.15) is 5.82 Å². The topological polar surface area (TPSA) is 73.9 Å². The van der Waals surface area contributed by atoms with Gasteiger partial charge in [-0.05, 0) is 68.0 Å². The van der Waals surface area contributed by atoms with Crippen molar-refractivity contribution in [3.05, 3.63) is 81.9 Å². The van der Waals surface area contributed by atoms with E-state index in [0.29, 0.717) is 46.7 Å². The molecular formula is C29H32FNO5. The Hall–Kier alpha value is -3.61. The van der Waals surface area contributed by atoms with E-state index in [1.165, 1.54) is 12.1 Å². The molecule has 1 heterocycles. The van der Waals surface area contributed by atoms with Crippen LogP contribution in [0.4, 0.5) is 4.39 Å². The summed E-state index contributed by atoms with van der Waals surface area (Å²) in [6.45, 7) is 5.56. The summed E-state index contributed by atoms with van der Waals surface area (Å²) in [4.78, 5) is 27.0. The zero-order chi connectivity index (χ0) is 26.0. The molecule has 2 aromatic rings. The Morgan fingerprint density at radius 3 is 2.50 bits per heavy atom. The molecule has 0 saturated carbocycles. The first-order chi connectivity index (χ1) is 17.3. The van der Waals surface area contributed by atoms with Crippen LogP contribution < -0.4 is 14.8 Å². The number of nitrogens with one attached hydrogen (secondary N) is 1. The van der Waals surface area contributed by atoms with E-state index in [0.717, 1.165) is 11.3 Å². The fourth-order valence-electron chi connectivity index (χ4n) is 5.00. The van der Waals surface area contributed by atoms with Crippen molar-refractivity contribution < 1.29 is 28.2 Å². The van der Waals surface area contributed by atoms with Crippen molar-refractivity contribution in [2.45, 2.75) is 58.0 Å². The predicted molar refractivity (Wildman–Crippen MR) is 134 cm³/mol. The second-order valence-corrected chi connectivity index (χ2v) is 9.31. The molecule has 190 valence electrons. The molecular weight excluding hydrogens is 461 g/mol. The Morgan fingerprint density at radius 2 is 1.83 bits per heavy atom. The number of Topliss-reactive ketones (excluding diaryl/α,β-unsaturated/α-hetero) is 1. The van der Waals surface area contributed by atoms with Gasteiger partial charge in [0.15, 0.2) is 17.3 Å². The lowest BCUT2D eigenvalue weighted by Crippen LogP contribution is -2.36. The van der Waals surface area contributed by atoms with Crippen molar-refractivity contribution in [3.63, 3.8) is 0 Å². The van der Waals surface area contributed by atoms with Gasteiger partial charge >= 0.3 is 5.97 Å². The van der Waals surface area contributed by atoms with E-state index >= 15 is 0 Å².